The number of anilines is 1. The van der Waals surface area contributed by atoms with Gasteiger partial charge in [-0.15, -0.1) is 0 Å². The molecule has 1 aliphatic carbocycles. The van der Waals surface area contributed by atoms with Crippen molar-refractivity contribution in [2.75, 3.05) is 18.4 Å². The van der Waals surface area contributed by atoms with Crippen LogP contribution < -0.4 is 32.8 Å². The molecular weight excluding hydrogens is 631 g/mol. The molecule has 3 aromatic carbocycles. The number of hydrogen-bond donors (Lipinski definition) is 6. The fourth-order valence-electron chi connectivity index (χ4n) is 6.64. The molecular formula is C36H39FN6O6. The molecule has 1 saturated heterocycles. The van der Waals surface area contributed by atoms with E-state index in [0.717, 1.165) is 41.2 Å². The van der Waals surface area contributed by atoms with E-state index in [9.17, 15) is 28.4 Å². The number of aromatic nitrogens is 1. The van der Waals surface area contributed by atoms with Crippen LogP contribution in [0, 0.1) is 24.6 Å². The summed E-state index contributed by atoms with van der Waals surface area (Å²) in [5.74, 6) is -2.75. The van der Waals surface area contributed by atoms with Crippen LogP contribution in [0.4, 0.5) is 10.1 Å². The van der Waals surface area contributed by atoms with E-state index in [1.54, 1.807) is 12.1 Å². The average Bonchev–Trinajstić information content (AvgIpc) is 3.68. The maximum Gasteiger partial charge on any atom is 0.417 e. The van der Waals surface area contributed by atoms with E-state index in [-0.39, 0.29) is 46.8 Å². The summed E-state index contributed by atoms with van der Waals surface area (Å²) in [7, 11) is 0. The van der Waals surface area contributed by atoms with Gasteiger partial charge in [0, 0.05) is 36.2 Å². The number of benzene rings is 3. The maximum absolute atomic E-state index is 14.6. The summed E-state index contributed by atoms with van der Waals surface area (Å²) in [6.45, 7) is 3.02. The second-order valence-corrected chi connectivity index (χ2v) is 12.9. The zero-order valence-electron chi connectivity index (χ0n) is 27.1. The van der Waals surface area contributed by atoms with E-state index in [0.29, 0.717) is 43.8 Å². The summed E-state index contributed by atoms with van der Waals surface area (Å²) >= 11 is 0. The molecule has 4 amide bonds. The van der Waals surface area contributed by atoms with Gasteiger partial charge in [-0.2, -0.15) is 0 Å². The van der Waals surface area contributed by atoms with E-state index >= 15 is 0 Å². The van der Waals surface area contributed by atoms with E-state index in [1.165, 1.54) is 6.07 Å². The second-order valence-electron chi connectivity index (χ2n) is 12.9. The minimum Gasteiger partial charge on any atom is -0.405 e. The Balaban J connectivity index is 1.17. The Morgan fingerprint density at radius 3 is 2.43 bits per heavy atom. The molecule has 0 bridgehead atoms. The summed E-state index contributed by atoms with van der Waals surface area (Å²) in [5, 5.41) is 11.1. The lowest BCUT2D eigenvalue weighted by atomic mass is 9.81. The van der Waals surface area contributed by atoms with Crippen molar-refractivity contribution in [3.05, 3.63) is 87.7 Å². The molecule has 13 heteroatoms. The Bertz CT molecular complexity index is 1950. The highest BCUT2D eigenvalue weighted by atomic mass is 19.1. The van der Waals surface area contributed by atoms with E-state index in [1.807, 2.05) is 37.3 Å². The molecule has 2 fully saturated rings. The maximum atomic E-state index is 14.6. The predicted octanol–water partition coefficient (Wildman–Crippen LogP) is 3.29. The smallest absolute Gasteiger partial charge is 0.405 e. The van der Waals surface area contributed by atoms with Crippen molar-refractivity contribution in [1.29, 1.82) is 0 Å². The van der Waals surface area contributed by atoms with Crippen LogP contribution in [0.25, 0.3) is 22.2 Å². The first-order valence-corrected chi connectivity index (χ1v) is 16.5. The van der Waals surface area contributed by atoms with Crippen LogP contribution in [0.3, 0.4) is 0 Å². The molecule has 2 aliphatic rings. The van der Waals surface area contributed by atoms with Gasteiger partial charge in [0.25, 0.3) is 5.91 Å². The number of rotatable bonds is 10. The molecule has 6 rings (SSSR count). The first-order chi connectivity index (χ1) is 23.6. The van der Waals surface area contributed by atoms with Crippen molar-refractivity contribution in [3.8, 4) is 11.1 Å². The summed E-state index contributed by atoms with van der Waals surface area (Å²) in [5.41, 5.74) is 9.68. The molecule has 2 heterocycles. The number of halogens is 1. The van der Waals surface area contributed by atoms with Crippen LogP contribution in [0.5, 0.6) is 0 Å². The fourth-order valence-corrected chi connectivity index (χ4v) is 6.64. The molecule has 12 nitrogen and oxygen atoms in total. The third-order valence-electron chi connectivity index (χ3n) is 9.47. The van der Waals surface area contributed by atoms with Gasteiger partial charge >= 0.3 is 5.76 Å². The van der Waals surface area contributed by atoms with Crippen LogP contribution >= 0.6 is 0 Å². The highest BCUT2D eigenvalue weighted by molar-refractivity contribution is 5.99. The minimum atomic E-state index is -0.978. The standard InChI is InChI=1S/C36H39FN6O6/c1-19-14-24(33(45)41-28-12-13-39-34(28)46)10-11-26(19)22-6-2-20(3-7-22)15-30(42-32(44)23-8-4-21(18-38)5-9-23)35(47)40-25-16-27(37)31-29(17-25)43-36(48)49-31/h2-3,6-7,10-11,14,16-17,21,23,28,30H,4-5,8-9,12-13,15,18,38H2,1H3,(H,39,46)(H,40,47)(H,41,45)(H,42,44)(H,43,48)/t21?,23?,28-,30-/m0/s1. The van der Waals surface area contributed by atoms with E-state index in [4.69, 9.17) is 10.2 Å². The lowest BCUT2D eigenvalue weighted by Crippen LogP contribution is -2.48. The van der Waals surface area contributed by atoms with Gasteiger partial charge in [0.05, 0.1) is 5.52 Å². The van der Waals surface area contributed by atoms with Gasteiger partial charge in [-0.3, -0.25) is 24.2 Å². The lowest BCUT2D eigenvalue weighted by molar-refractivity contribution is -0.130. The summed E-state index contributed by atoms with van der Waals surface area (Å²) in [4.78, 5) is 65.6. The van der Waals surface area contributed by atoms with Gasteiger partial charge in [-0.1, -0.05) is 30.3 Å². The molecule has 0 radical (unpaired) electrons. The second kappa shape index (κ2) is 14.4. The van der Waals surface area contributed by atoms with Crippen molar-refractivity contribution in [3.63, 3.8) is 0 Å². The molecule has 0 spiro atoms. The number of nitrogens with two attached hydrogens (primary N) is 1. The third-order valence-corrected chi connectivity index (χ3v) is 9.47. The molecule has 256 valence electrons. The van der Waals surface area contributed by atoms with Crippen LogP contribution in [0.15, 0.2) is 63.8 Å². The Morgan fingerprint density at radius 1 is 1.00 bits per heavy atom. The normalized spacial score (nSPS) is 19.7. The number of amides is 4. The molecule has 7 N–H and O–H groups in total. The number of fused-ring (bicyclic) bond motifs is 1. The third kappa shape index (κ3) is 7.72. The van der Waals surface area contributed by atoms with Gasteiger partial charge in [0.1, 0.15) is 12.1 Å². The number of H-pyrrole nitrogens is 1. The van der Waals surface area contributed by atoms with Crippen molar-refractivity contribution >= 4 is 40.4 Å². The number of hydrogen-bond acceptors (Lipinski definition) is 7. The summed E-state index contributed by atoms with van der Waals surface area (Å²) in [6, 6.07) is 13.8. The molecule has 0 unspecified atom stereocenters. The lowest BCUT2D eigenvalue weighted by Gasteiger charge is -2.28. The zero-order chi connectivity index (χ0) is 34.7. The average molecular weight is 671 g/mol. The Kier molecular flexibility index (Phi) is 9.90. The van der Waals surface area contributed by atoms with E-state index in [2.05, 4.69) is 26.3 Å². The number of nitrogens with one attached hydrogen (secondary N) is 5. The number of aryl methyl sites for hydroxylation is 1. The predicted molar refractivity (Wildman–Crippen MR) is 181 cm³/mol. The first kappa shape index (κ1) is 33.6. The first-order valence-electron chi connectivity index (χ1n) is 16.5. The number of aromatic amines is 1. The van der Waals surface area contributed by atoms with E-state index < -0.39 is 29.6 Å². The quantitative estimate of drug-likeness (QED) is 0.149. The van der Waals surface area contributed by atoms with Crippen LogP contribution in [0.2, 0.25) is 0 Å². The number of oxazole rings is 1. The number of carbonyl (C=O) groups is 4. The van der Waals surface area contributed by atoms with Crippen molar-refractivity contribution < 1.29 is 28.0 Å². The Hall–Kier alpha value is -5.30. The molecule has 49 heavy (non-hydrogen) atoms. The monoisotopic (exact) mass is 670 g/mol. The van der Waals surface area contributed by atoms with Gasteiger partial charge in [-0.25, -0.2) is 9.18 Å². The number of carbonyl (C=O) groups excluding carboxylic acids is 4. The van der Waals surface area contributed by atoms with Gasteiger partial charge in [0.2, 0.25) is 17.7 Å². The van der Waals surface area contributed by atoms with Crippen molar-refractivity contribution in [2.45, 2.75) is 57.5 Å². The van der Waals surface area contributed by atoms with Gasteiger partial charge in [-0.05, 0) is 91.9 Å². The molecule has 1 aromatic heterocycles. The summed E-state index contributed by atoms with van der Waals surface area (Å²) in [6.07, 6.45) is 3.77. The largest absolute Gasteiger partial charge is 0.417 e. The molecule has 1 aliphatic heterocycles. The topological polar surface area (TPSA) is 188 Å². The molecule has 2 atom stereocenters. The Labute approximate surface area is 281 Å². The SMILES string of the molecule is Cc1cc(C(=O)N[C@H]2CCNC2=O)ccc1-c1ccc(C[C@H](NC(=O)C2CCC(CN)CC2)C(=O)Nc2cc(F)c3oc(=O)[nH]c3c2)cc1. The highest BCUT2D eigenvalue weighted by Crippen LogP contribution is 2.29. The highest BCUT2D eigenvalue weighted by Gasteiger charge is 2.30. The van der Waals surface area contributed by atoms with Crippen LogP contribution in [-0.4, -0.2) is 53.8 Å². The Morgan fingerprint density at radius 2 is 1.76 bits per heavy atom. The van der Waals surface area contributed by atoms with Crippen molar-refractivity contribution in [1.82, 2.24) is 20.9 Å². The van der Waals surface area contributed by atoms with Gasteiger partial charge < -0.3 is 31.4 Å². The fraction of sp³-hybridized carbons (Fsp3) is 0.361. The summed E-state index contributed by atoms with van der Waals surface area (Å²) < 4.78 is 19.4. The van der Waals surface area contributed by atoms with Crippen molar-refractivity contribution in [2.24, 2.45) is 17.6 Å². The van der Waals surface area contributed by atoms with Crippen LogP contribution in [0.1, 0.15) is 53.6 Å². The molecule has 1 saturated carbocycles. The molecule has 4 aromatic rings. The van der Waals surface area contributed by atoms with Gasteiger partial charge in [0.15, 0.2) is 11.4 Å². The zero-order valence-corrected chi connectivity index (χ0v) is 27.1. The van der Waals surface area contributed by atoms with Crippen LogP contribution in [-0.2, 0) is 20.8 Å². The minimum absolute atomic E-state index is 0.0957.